The van der Waals surface area contributed by atoms with Crippen LogP contribution in [0.15, 0.2) is 18.2 Å². The zero-order valence-corrected chi connectivity index (χ0v) is 20.8. The number of carbonyl (C=O) groups excluding carboxylic acids is 2. The minimum atomic E-state index is -0.611. The van der Waals surface area contributed by atoms with Crippen LogP contribution in [0.25, 0.3) is 0 Å². The Labute approximate surface area is 195 Å². The van der Waals surface area contributed by atoms with Crippen molar-refractivity contribution in [2.45, 2.75) is 84.7 Å². The van der Waals surface area contributed by atoms with Crippen LogP contribution in [0.4, 0.5) is 15.3 Å². The number of thiocarbonyl (C=S) groups is 1. The van der Waals surface area contributed by atoms with E-state index in [0.29, 0.717) is 30.1 Å². The van der Waals surface area contributed by atoms with Gasteiger partial charge in [-0.3, -0.25) is 0 Å². The zero-order valence-electron chi connectivity index (χ0n) is 20.0. The Balaban J connectivity index is 2.08. The van der Waals surface area contributed by atoms with Crippen molar-refractivity contribution >= 4 is 35.1 Å². The molecule has 1 aromatic rings. The van der Waals surface area contributed by atoms with Crippen molar-refractivity contribution in [2.75, 3.05) is 11.9 Å². The van der Waals surface area contributed by atoms with Crippen molar-refractivity contribution in [3.8, 4) is 5.75 Å². The molecule has 8 nitrogen and oxygen atoms in total. The lowest BCUT2D eigenvalue weighted by molar-refractivity contribution is 0.0488. The number of hydrogen-bond donors (Lipinski definition) is 3. The molecule has 0 aromatic heterocycles. The van der Waals surface area contributed by atoms with Gasteiger partial charge < -0.3 is 30.2 Å². The van der Waals surface area contributed by atoms with Crippen LogP contribution in [0.2, 0.25) is 0 Å². The number of amides is 2. The molecule has 2 amide bonds. The highest BCUT2D eigenvalue weighted by molar-refractivity contribution is 7.80. The van der Waals surface area contributed by atoms with E-state index in [1.54, 1.807) is 0 Å². The van der Waals surface area contributed by atoms with Gasteiger partial charge in [0.2, 0.25) is 0 Å². The number of anilines is 1. The quantitative estimate of drug-likeness (QED) is 0.398. The Kier molecular flexibility index (Phi) is 8.34. The van der Waals surface area contributed by atoms with E-state index in [1.807, 2.05) is 66.7 Å². The molecule has 1 aromatic carbocycles. The van der Waals surface area contributed by atoms with Gasteiger partial charge in [-0.25, -0.2) is 9.59 Å². The topological polar surface area (TPSA) is 97.9 Å². The van der Waals surface area contributed by atoms with E-state index >= 15 is 0 Å². The third kappa shape index (κ3) is 8.53. The first-order chi connectivity index (χ1) is 14.7. The molecule has 0 saturated carbocycles. The van der Waals surface area contributed by atoms with E-state index in [0.717, 1.165) is 11.3 Å². The molecule has 1 aliphatic heterocycles. The first kappa shape index (κ1) is 25.7. The molecule has 3 N–H and O–H groups in total. The predicted octanol–water partition coefficient (Wildman–Crippen LogP) is 5.08. The lowest BCUT2D eigenvalue weighted by atomic mass is 10.0. The summed E-state index contributed by atoms with van der Waals surface area (Å²) in [5.74, 6) is 0.706. The molecule has 0 spiro atoms. The normalized spacial score (nSPS) is 16.7. The minimum absolute atomic E-state index is 0.196. The summed E-state index contributed by atoms with van der Waals surface area (Å²) < 4.78 is 16.5. The van der Waals surface area contributed by atoms with Crippen LogP contribution in [0.5, 0.6) is 5.75 Å². The fraction of sp³-hybridized carbons (Fsp3) is 0.609. The summed E-state index contributed by atoms with van der Waals surface area (Å²) in [4.78, 5) is 24.9. The lowest BCUT2D eigenvalue weighted by Crippen LogP contribution is -2.36. The molecule has 9 heteroatoms. The summed E-state index contributed by atoms with van der Waals surface area (Å²) in [6, 6.07) is 5.35. The summed E-state index contributed by atoms with van der Waals surface area (Å²) in [6.07, 6.45) is 0.0321. The molecule has 0 aliphatic carbocycles. The van der Waals surface area contributed by atoms with Crippen LogP contribution in [0, 0.1) is 0 Å². The molecule has 0 bridgehead atoms. The Bertz CT molecular complexity index is 845. The molecule has 2 atom stereocenters. The number of hydrogen-bond acceptors (Lipinski definition) is 6. The molecular formula is C23H35N3O5S. The van der Waals surface area contributed by atoms with E-state index in [2.05, 4.69) is 16.0 Å². The summed E-state index contributed by atoms with van der Waals surface area (Å²) in [5, 5.41) is 8.87. The van der Waals surface area contributed by atoms with Crippen LogP contribution in [-0.4, -0.2) is 41.0 Å². The van der Waals surface area contributed by atoms with Gasteiger partial charge in [-0.05, 0) is 79.0 Å². The van der Waals surface area contributed by atoms with Crippen molar-refractivity contribution in [1.29, 1.82) is 0 Å². The van der Waals surface area contributed by atoms with Gasteiger partial charge in [-0.2, -0.15) is 0 Å². The van der Waals surface area contributed by atoms with Gasteiger partial charge in [0.05, 0.1) is 11.7 Å². The van der Waals surface area contributed by atoms with E-state index < -0.39 is 23.4 Å². The molecule has 32 heavy (non-hydrogen) atoms. The standard InChI is InChI=1S/C23H35N3O5S/c1-14-19(32)25-17-13-15(10-11-18(17)29-14)16(26-21(28)31-23(5,6)7)9-8-12-24-20(27)30-22(2,3)4/h10-11,13-14,16H,8-9,12H2,1-7H3,(H,24,27)(H,25,32)(H,26,28). The second kappa shape index (κ2) is 10.4. The lowest BCUT2D eigenvalue weighted by Gasteiger charge is -2.28. The summed E-state index contributed by atoms with van der Waals surface area (Å²) >= 11 is 5.31. The Morgan fingerprint density at radius 1 is 1.12 bits per heavy atom. The third-order valence-corrected chi connectivity index (χ3v) is 4.80. The fourth-order valence-corrected chi connectivity index (χ4v) is 3.18. The van der Waals surface area contributed by atoms with Gasteiger partial charge >= 0.3 is 12.2 Å². The largest absolute Gasteiger partial charge is 0.481 e. The maximum Gasteiger partial charge on any atom is 0.408 e. The van der Waals surface area contributed by atoms with Crippen molar-refractivity contribution < 1.29 is 23.8 Å². The molecule has 1 heterocycles. The molecule has 0 saturated heterocycles. The van der Waals surface area contributed by atoms with E-state index in [-0.39, 0.29) is 12.1 Å². The predicted molar refractivity (Wildman–Crippen MR) is 128 cm³/mol. The molecule has 178 valence electrons. The van der Waals surface area contributed by atoms with Crippen LogP contribution in [-0.2, 0) is 9.47 Å². The average molecular weight is 466 g/mol. The molecule has 2 rings (SSSR count). The van der Waals surface area contributed by atoms with Crippen molar-refractivity contribution in [2.24, 2.45) is 0 Å². The highest BCUT2D eigenvalue weighted by Gasteiger charge is 2.24. The van der Waals surface area contributed by atoms with E-state index in [9.17, 15) is 9.59 Å². The van der Waals surface area contributed by atoms with Gasteiger partial charge in [-0.1, -0.05) is 18.3 Å². The molecular weight excluding hydrogens is 430 g/mol. The van der Waals surface area contributed by atoms with Crippen LogP contribution < -0.4 is 20.7 Å². The molecule has 2 unspecified atom stereocenters. The maximum atomic E-state index is 12.4. The fourth-order valence-electron chi connectivity index (χ4n) is 3.03. The third-order valence-electron chi connectivity index (χ3n) is 4.37. The van der Waals surface area contributed by atoms with Gasteiger partial charge in [0, 0.05) is 6.54 Å². The van der Waals surface area contributed by atoms with Crippen LogP contribution in [0.1, 0.15) is 72.9 Å². The Hall–Kier alpha value is -2.55. The van der Waals surface area contributed by atoms with Gasteiger partial charge in [-0.15, -0.1) is 0 Å². The zero-order chi connectivity index (χ0) is 24.1. The number of alkyl carbamates (subject to hydrolysis) is 2. The monoisotopic (exact) mass is 465 g/mol. The molecule has 0 fully saturated rings. The van der Waals surface area contributed by atoms with E-state index in [4.69, 9.17) is 26.4 Å². The number of nitrogens with one attached hydrogen (secondary N) is 3. The highest BCUT2D eigenvalue weighted by atomic mass is 32.1. The van der Waals surface area contributed by atoms with Crippen LogP contribution in [0.3, 0.4) is 0 Å². The molecule has 0 radical (unpaired) electrons. The SMILES string of the molecule is CC1Oc2ccc(C(CCCNC(=O)OC(C)(C)C)NC(=O)OC(C)(C)C)cc2NC1=S. The van der Waals surface area contributed by atoms with Crippen molar-refractivity contribution in [3.63, 3.8) is 0 Å². The number of ether oxygens (including phenoxy) is 3. The van der Waals surface area contributed by atoms with E-state index in [1.165, 1.54) is 0 Å². The van der Waals surface area contributed by atoms with Crippen molar-refractivity contribution in [1.82, 2.24) is 10.6 Å². The summed E-state index contributed by atoms with van der Waals surface area (Å²) in [7, 11) is 0. The van der Waals surface area contributed by atoms with Gasteiger partial charge in [0.15, 0.2) is 0 Å². The minimum Gasteiger partial charge on any atom is -0.481 e. The molecule has 1 aliphatic rings. The number of fused-ring (bicyclic) bond motifs is 1. The number of rotatable bonds is 6. The maximum absolute atomic E-state index is 12.4. The van der Waals surface area contributed by atoms with Gasteiger partial charge in [0.1, 0.15) is 28.0 Å². The van der Waals surface area contributed by atoms with Crippen LogP contribution >= 0.6 is 12.2 Å². The summed E-state index contributed by atoms with van der Waals surface area (Å²) in [5.41, 5.74) is 0.468. The number of benzene rings is 1. The summed E-state index contributed by atoms with van der Waals surface area (Å²) in [6.45, 7) is 13.2. The second-order valence-electron chi connectivity index (χ2n) is 9.77. The second-order valence-corrected chi connectivity index (χ2v) is 10.2. The smallest absolute Gasteiger partial charge is 0.408 e. The number of carbonyl (C=O) groups is 2. The van der Waals surface area contributed by atoms with Gasteiger partial charge in [0.25, 0.3) is 0 Å². The average Bonchev–Trinajstić information content (AvgIpc) is 2.62. The first-order valence-corrected chi connectivity index (χ1v) is 11.2. The van der Waals surface area contributed by atoms with Crippen molar-refractivity contribution in [3.05, 3.63) is 23.8 Å². The Morgan fingerprint density at radius 2 is 1.75 bits per heavy atom. The highest BCUT2D eigenvalue weighted by Crippen LogP contribution is 2.33. The Morgan fingerprint density at radius 3 is 2.38 bits per heavy atom. The first-order valence-electron chi connectivity index (χ1n) is 10.8.